The average Bonchev–Trinajstić information content (AvgIpc) is 2.53. The number of aromatic carboxylic acids is 1. The van der Waals surface area contributed by atoms with Crippen molar-refractivity contribution >= 4 is 17.6 Å². The highest BCUT2D eigenvalue weighted by Gasteiger charge is 2.16. The van der Waals surface area contributed by atoms with E-state index >= 15 is 0 Å². The number of para-hydroxylation sites is 1. The van der Waals surface area contributed by atoms with Gasteiger partial charge in [-0.15, -0.1) is 0 Å². The number of nitrogens with zero attached hydrogens (tertiary/aromatic N) is 2. The molecule has 104 valence electrons. The molecule has 0 aliphatic heterocycles. The van der Waals surface area contributed by atoms with Gasteiger partial charge < -0.3 is 10.0 Å². The second-order valence-corrected chi connectivity index (χ2v) is 4.38. The van der Waals surface area contributed by atoms with E-state index < -0.39 is 5.97 Å². The van der Waals surface area contributed by atoms with Crippen molar-refractivity contribution in [3.05, 3.63) is 65.2 Å². The molecule has 0 fully saturated rings. The molecule has 5 nitrogen and oxygen atoms in total. The van der Waals surface area contributed by atoms with E-state index in [1.165, 1.54) is 29.2 Å². The second kappa shape index (κ2) is 5.88. The number of hydrogen-bond donors (Lipinski definition) is 1. The van der Waals surface area contributed by atoms with E-state index in [9.17, 15) is 9.59 Å². The van der Waals surface area contributed by atoms with E-state index in [4.69, 9.17) is 10.4 Å². The Balaban J connectivity index is 2.31. The highest BCUT2D eigenvalue weighted by atomic mass is 16.4. The quantitative estimate of drug-likeness (QED) is 0.936. The van der Waals surface area contributed by atoms with Crippen molar-refractivity contribution in [3.63, 3.8) is 0 Å². The summed E-state index contributed by atoms with van der Waals surface area (Å²) < 4.78 is 0. The molecule has 2 aromatic rings. The summed E-state index contributed by atoms with van der Waals surface area (Å²) in [6.07, 6.45) is 0. The first-order valence-electron chi connectivity index (χ1n) is 6.15. The van der Waals surface area contributed by atoms with Crippen molar-refractivity contribution in [2.45, 2.75) is 0 Å². The van der Waals surface area contributed by atoms with Gasteiger partial charge in [0, 0.05) is 12.6 Å². The number of nitriles is 1. The molecule has 0 saturated heterocycles. The van der Waals surface area contributed by atoms with Gasteiger partial charge in [-0.25, -0.2) is 4.79 Å². The van der Waals surface area contributed by atoms with Gasteiger partial charge in [-0.2, -0.15) is 5.26 Å². The molecule has 21 heavy (non-hydrogen) atoms. The van der Waals surface area contributed by atoms with Gasteiger partial charge in [-0.1, -0.05) is 12.1 Å². The molecule has 0 aliphatic carbocycles. The molecule has 1 amide bonds. The van der Waals surface area contributed by atoms with E-state index in [0.717, 1.165) is 0 Å². The number of carboxylic acid groups (broad SMARTS) is 1. The molecule has 0 bridgehead atoms. The molecule has 0 radical (unpaired) electrons. The molecule has 0 atom stereocenters. The Morgan fingerprint density at radius 3 is 2.19 bits per heavy atom. The van der Waals surface area contributed by atoms with E-state index in [1.807, 2.05) is 6.07 Å². The fraction of sp³-hybridized carbons (Fsp3) is 0.0625. The standard InChI is InChI=1S/C16H12N2O3/c1-18(14-5-3-2-4-13(14)10-17)15(19)11-6-8-12(9-7-11)16(20)21/h2-9H,1H3,(H,20,21). The summed E-state index contributed by atoms with van der Waals surface area (Å²) in [4.78, 5) is 24.5. The van der Waals surface area contributed by atoms with Crippen LogP contribution < -0.4 is 4.90 Å². The third-order valence-electron chi connectivity index (χ3n) is 3.07. The minimum atomic E-state index is -1.04. The van der Waals surface area contributed by atoms with E-state index in [2.05, 4.69) is 0 Å². The Morgan fingerprint density at radius 1 is 1.05 bits per heavy atom. The van der Waals surface area contributed by atoms with Crippen molar-refractivity contribution in [2.24, 2.45) is 0 Å². The average molecular weight is 280 g/mol. The number of amides is 1. The first kappa shape index (κ1) is 14.3. The molecular weight excluding hydrogens is 268 g/mol. The van der Waals surface area contributed by atoms with Crippen molar-refractivity contribution in [1.29, 1.82) is 5.26 Å². The number of carboxylic acids is 1. The lowest BCUT2D eigenvalue weighted by Crippen LogP contribution is -2.27. The Bertz CT molecular complexity index is 730. The topological polar surface area (TPSA) is 81.4 Å². The Labute approximate surface area is 121 Å². The summed E-state index contributed by atoms with van der Waals surface area (Å²) in [7, 11) is 1.57. The van der Waals surface area contributed by atoms with Gasteiger partial charge in [0.1, 0.15) is 6.07 Å². The van der Waals surface area contributed by atoms with E-state index in [-0.39, 0.29) is 11.5 Å². The molecule has 0 aromatic heterocycles. The van der Waals surface area contributed by atoms with Crippen LogP contribution >= 0.6 is 0 Å². The summed E-state index contributed by atoms with van der Waals surface area (Å²) in [6, 6.07) is 14.5. The number of hydrogen-bond acceptors (Lipinski definition) is 3. The van der Waals surface area contributed by atoms with E-state index in [1.54, 1.807) is 31.3 Å². The largest absolute Gasteiger partial charge is 0.478 e. The summed E-state index contributed by atoms with van der Waals surface area (Å²) in [5, 5.41) is 17.9. The third-order valence-corrected chi connectivity index (χ3v) is 3.07. The molecule has 0 heterocycles. The van der Waals surface area contributed by atoms with Crippen LogP contribution in [0.3, 0.4) is 0 Å². The van der Waals surface area contributed by atoms with Gasteiger partial charge in [0.15, 0.2) is 0 Å². The van der Waals surface area contributed by atoms with Crippen LogP contribution in [0.4, 0.5) is 5.69 Å². The van der Waals surface area contributed by atoms with Crippen molar-refractivity contribution in [3.8, 4) is 6.07 Å². The fourth-order valence-corrected chi connectivity index (χ4v) is 1.92. The zero-order valence-electron chi connectivity index (χ0n) is 11.3. The summed E-state index contributed by atoms with van der Waals surface area (Å²) >= 11 is 0. The maximum absolute atomic E-state index is 12.4. The SMILES string of the molecule is CN(C(=O)c1ccc(C(=O)O)cc1)c1ccccc1C#N. The maximum Gasteiger partial charge on any atom is 0.335 e. The monoisotopic (exact) mass is 280 g/mol. The minimum absolute atomic E-state index is 0.117. The molecule has 0 unspecified atom stereocenters. The fourth-order valence-electron chi connectivity index (χ4n) is 1.92. The number of carbonyl (C=O) groups excluding carboxylic acids is 1. The molecule has 0 saturated carbocycles. The Kier molecular flexibility index (Phi) is 4.00. The first-order chi connectivity index (χ1) is 10.0. The summed E-state index contributed by atoms with van der Waals surface area (Å²) in [5.74, 6) is -1.35. The van der Waals surface area contributed by atoms with Crippen molar-refractivity contribution in [2.75, 3.05) is 11.9 Å². The molecule has 0 aliphatic rings. The smallest absolute Gasteiger partial charge is 0.335 e. The summed E-state index contributed by atoms with van der Waals surface area (Å²) in [5.41, 5.74) is 1.38. The number of carbonyl (C=O) groups is 2. The van der Waals surface area contributed by atoms with E-state index in [0.29, 0.717) is 16.8 Å². The molecule has 0 spiro atoms. The lowest BCUT2D eigenvalue weighted by Gasteiger charge is -2.18. The lowest BCUT2D eigenvalue weighted by atomic mass is 10.1. The van der Waals surface area contributed by atoms with Crippen molar-refractivity contribution < 1.29 is 14.7 Å². The van der Waals surface area contributed by atoms with Crippen LogP contribution in [-0.2, 0) is 0 Å². The normalized spacial score (nSPS) is 9.71. The van der Waals surface area contributed by atoms with Gasteiger partial charge >= 0.3 is 5.97 Å². The maximum atomic E-state index is 12.4. The molecule has 1 N–H and O–H groups in total. The molecular formula is C16H12N2O3. The van der Waals surface area contributed by atoms with Gasteiger partial charge in [0.2, 0.25) is 0 Å². The number of benzene rings is 2. The highest BCUT2D eigenvalue weighted by Crippen LogP contribution is 2.20. The van der Waals surface area contributed by atoms with Gasteiger partial charge in [0.25, 0.3) is 5.91 Å². The van der Waals surface area contributed by atoms with Crippen LogP contribution in [0.1, 0.15) is 26.3 Å². The lowest BCUT2D eigenvalue weighted by molar-refractivity contribution is 0.0696. The van der Waals surface area contributed by atoms with Gasteiger partial charge in [-0.3, -0.25) is 4.79 Å². The summed E-state index contributed by atoms with van der Waals surface area (Å²) in [6.45, 7) is 0. The van der Waals surface area contributed by atoms with Crippen LogP contribution in [0.2, 0.25) is 0 Å². The van der Waals surface area contributed by atoms with Gasteiger partial charge in [-0.05, 0) is 36.4 Å². The van der Waals surface area contributed by atoms with Crippen LogP contribution in [-0.4, -0.2) is 24.0 Å². The minimum Gasteiger partial charge on any atom is -0.478 e. The van der Waals surface area contributed by atoms with Crippen LogP contribution in [0.5, 0.6) is 0 Å². The third kappa shape index (κ3) is 2.90. The number of rotatable bonds is 3. The second-order valence-electron chi connectivity index (χ2n) is 4.38. The Morgan fingerprint density at radius 2 is 1.62 bits per heavy atom. The number of anilines is 1. The van der Waals surface area contributed by atoms with Crippen LogP contribution in [0, 0.1) is 11.3 Å². The first-order valence-corrected chi connectivity index (χ1v) is 6.15. The van der Waals surface area contributed by atoms with Crippen molar-refractivity contribution in [1.82, 2.24) is 0 Å². The predicted octanol–water partition coefficient (Wildman–Crippen LogP) is 2.53. The zero-order valence-corrected chi connectivity index (χ0v) is 11.3. The zero-order chi connectivity index (χ0) is 15.4. The predicted molar refractivity (Wildman–Crippen MR) is 77.3 cm³/mol. The highest BCUT2D eigenvalue weighted by molar-refractivity contribution is 6.06. The van der Waals surface area contributed by atoms with Gasteiger partial charge in [0.05, 0.1) is 16.8 Å². The molecule has 2 aromatic carbocycles. The Hall–Kier alpha value is -3.13. The molecule has 5 heteroatoms. The van der Waals surface area contributed by atoms with Crippen LogP contribution in [0.25, 0.3) is 0 Å². The molecule has 2 rings (SSSR count). The van der Waals surface area contributed by atoms with Crippen LogP contribution in [0.15, 0.2) is 48.5 Å².